The summed E-state index contributed by atoms with van der Waals surface area (Å²) in [7, 11) is 0. The van der Waals surface area contributed by atoms with Gasteiger partial charge in [-0.25, -0.2) is 9.50 Å². The fourth-order valence-electron chi connectivity index (χ4n) is 5.43. The van der Waals surface area contributed by atoms with Crippen LogP contribution in [0, 0.1) is 0 Å². The summed E-state index contributed by atoms with van der Waals surface area (Å²) >= 11 is 0. The predicted octanol–water partition coefficient (Wildman–Crippen LogP) is 2.45. The van der Waals surface area contributed by atoms with Crippen molar-refractivity contribution in [1.82, 2.24) is 24.4 Å². The Morgan fingerprint density at radius 3 is 2.65 bits per heavy atom. The fraction of sp³-hybridized carbons (Fsp3) is 0.696. The lowest BCUT2D eigenvalue weighted by molar-refractivity contribution is -0.142. The minimum absolute atomic E-state index is 0.0458. The summed E-state index contributed by atoms with van der Waals surface area (Å²) in [5.41, 5.74) is 2.37. The molecule has 8 nitrogen and oxygen atoms in total. The molecule has 1 amide bonds. The topological polar surface area (TPSA) is 82.9 Å². The Hall–Kier alpha value is -2.19. The number of ether oxygens (including phenoxy) is 1. The number of piperidine rings is 1. The molecule has 3 aliphatic heterocycles. The van der Waals surface area contributed by atoms with Crippen molar-refractivity contribution in [3.63, 3.8) is 0 Å². The molecular formula is C23H33N5O3. The van der Waals surface area contributed by atoms with Gasteiger partial charge in [-0.1, -0.05) is 0 Å². The molecule has 3 aliphatic rings. The van der Waals surface area contributed by atoms with Crippen molar-refractivity contribution in [2.24, 2.45) is 0 Å². The highest BCUT2D eigenvalue weighted by molar-refractivity contribution is 5.82. The molecule has 0 aromatic carbocycles. The summed E-state index contributed by atoms with van der Waals surface area (Å²) in [4.78, 5) is 35.1. The van der Waals surface area contributed by atoms with Crippen LogP contribution in [0.3, 0.4) is 0 Å². The first-order chi connectivity index (χ1) is 15.0. The molecule has 1 N–H and O–H groups in total. The van der Waals surface area contributed by atoms with Crippen LogP contribution >= 0.6 is 0 Å². The Bertz CT molecular complexity index is 998. The maximum atomic E-state index is 12.9. The standard InChI is InChI=1S/C23H33N5O3/c1-15(2)26-10-7-16(8-11-26)17-14-22(29)28-21(24-17)13-18(25-28)19-5-3-9-27(19)23(30)20-6-4-12-31-20/h13-16,19-20,25H,3-12H2,1-2H3/t19-,20-/m1/s1. The molecule has 2 atom stereocenters. The van der Waals surface area contributed by atoms with Crippen LogP contribution < -0.4 is 5.56 Å². The summed E-state index contributed by atoms with van der Waals surface area (Å²) in [6, 6.07) is 4.16. The molecule has 0 spiro atoms. The van der Waals surface area contributed by atoms with Crippen molar-refractivity contribution in [3.05, 3.63) is 33.9 Å². The van der Waals surface area contributed by atoms with E-state index in [0.29, 0.717) is 24.2 Å². The highest BCUT2D eigenvalue weighted by atomic mass is 16.5. The molecule has 0 aliphatic carbocycles. The highest BCUT2D eigenvalue weighted by Gasteiger charge is 2.36. The number of aromatic nitrogens is 3. The first-order valence-electron chi connectivity index (χ1n) is 11.8. The Balaban J connectivity index is 1.38. The van der Waals surface area contributed by atoms with Gasteiger partial charge in [0.2, 0.25) is 0 Å². The number of aromatic amines is 1. The molecule has 3 saturated heterocycles. The van der Waals surface area contributed by atoms with Crippen LogP contribution in [0.15, 0.2) is 16.9 Å². The fourth-order valence-corrected chi connectivity index (χ4v) is 5.43. The maximum absolute atomic E-state index is 12.9. The molecule has 0 saturated carbocycles. The molecule has 8 heteroatoms. The average molecular weight is 428 g/mol. The van der Waals surface area contributed by atoms with E-state index in [-0.39, 0.29) is 23.6 Å². The van der Waals surface area contributed by atoms with E-state index in [0.717, 1.165) is 69.5 Å². The first-order valence-corrected chi connectivity index (χ1v) is 11.8. The summed E-state index contributed by atoms with van der Waals surface area (Å²) in [5.74, 6) is 0.409. The van der Waals surface area contributed by atoms with Crippen LogP contribution in [0.4, 0.5) is 0 Å². The van der Waals surface area contributed by atoms with Crippen LogP contribution in [0.1, 0.15) is 75.7 Å². The molecule has 3 fully saturated rings. The summed E-state index contributed by atoms with van der Waals surface area (Å²) in [6.45, 7) is 7.96. The third-order valence-electron chi connectivity index (χ3n) is 7.27. The third kappa shape index (κ3) is 3.91. The Morgan fingerprint density at radius 1 is 1.13 bits per heavy atom. The van der Waals surface area contributed by atoms with Crippen molar-refractivity contribution >= 4 is 11.6 Å². The van der Waals surface area contributed by atoms with Gasteiger partial charge in [-0.05, 0) is 65.5 Å². The zero-order valence-corrected chi connectivity index (χ0v) is 18.5. The van der Waals surface area contributed by atoms with Gasteiger partial charge in [0.05, 0.1) is 17.4 Å². The number of hydrogen-bond acceptors (Lipinski definition) is 5. The molecule has 5 heterocycles. The summed E-state index contributed by atoms with van der Waals surface area (Å²) in [5, 5.41) is 3.23. The Labute approximate surface area is 182 Å². The lowest BCUT2D eigenvalue weighted by atomic mass is 9.92. The number of H-pyrrole nitrogens is 1. The van der Waals surface area contributed by atoms with Gasteiger partial charge < -0.3 is 14.5 Å². The molecule has 0 unspecified atom stereocenters. The molecule has 31 heavy (non-hydrogen) atoms. The zero-order valence-electron chi connectivity index (χ0n) is 18.5. The van der Waals surface area contributed by atoms with Crippen LogP contribution in [0.2, 0.25) is 0 Å². The predicted molar refractivity (Wildman–Crippen MR) is 117 cm³/mol. The zero-order chi connectivity index (χ0) is 21.5. The largest absolute Gasteiger partial charge is 0.368 e. The van der Waals surface area contributed by atoms with Gasteiger partial charge in [0.15, 0.2) is 5.65 Å². The van der Waals surface area contributed by atoms with E-state index in [9.17, 15) is 9.59 Å². The van der Waals surface area contributed by atoms with Gasteiger partial charge in [0, 0.05) is 37.2 Å². The number of fused-ring (bicyclic) bond motifs is 1. The minimum atomic E-state index is -0.311. The van der Waals surface area contributed by atoms with Gasteiger partial charge in [-0.15, -0.1) is 0 Å². The van der Waals surface area contributed by atoms with Crippen molar-refractivity contribution in [1.29, 1.82) is 0 Å². The second kappa shape index (κ2) is 8.39. The maximum Gasteiger partial charge on any atom is 0.272 e. The SMILES string of the molecule is CC(C)N1CCC(c2cc(=O)n3[nH]c([C@H]4CCCN4C(=O)[C@H]4CCCO4)cc3n2)CC1. The monoisotopic (exact) mass is 427 g/mol. The van der Waals surface area contributed by atoms with Gasteiger partial charge in [0.1, 0.15) is 6.10 Å². The van der Waals surface area contributed by atoms with Gasteiger partial charge in [0.25, 0.3) is 11.5 Å². The number of likely N-dealkylation sites (tertiary alicyclic amines) is 2. The second-order valence-corrected chi connectivity index (χ2v) is 9.52. The number of nitrogens with zero attached hydrogens (tertiary/aromatic N) is 4. The van der Waals surface area contributed by atoms with Gasteiger partial charge >= 0.3 is 0 Å². The number of rotatable bonds is 4. The normalized spacial score (nSPS) is 25.8. The first kappa shape index (κ1) is 20.7. The molecule has 2 aromatic heterocycles. The summed E-state index contributed by atoms with van der Waals surface area (Å²) < 4.78 is 7.15. The molecule has 0 radical (unpaired) electrons. The second-order valence-electron chi connectivity index (χ2n) is 9.52. The van der Waals surface area contributed by atoms with Crippen LogP contribution in [-0.2, 0) is 9.53 Å². The number of nitrogens with one attached hydrogen (secondary N) is 1. The van der Waals surface area contributed by atoms with E-state index in [1.165, 1.54) is 4.52 Å². The quantitative estimate of drug-likeness (QED) is 0.810. The van der Waals surface area contributed by atoms with Crippen LogP contribution in [-0.4, -0.2) is 68.7 Å². The average Bonchev–Trinajstić information content (AvgIpc) is 3.53. The van der Waals surface area contributed by atoms with E-state index < -0.39 is 0 Å². The van der Waals surface area contributed by atoms with E-state index in [2.05, 4.69) is 23.8 Å². The third-order valence-corrected chi connectivity index (χ3v) is 7.27. The number of carbonyl (C=O) groups is 1. The molecule has 2 aromatic rings. The minimum Gasteiger partial charge on any atom is -0.368 e. The van der Waals surface area contributed by atoms with E-state index in [4.69, 9.17) is 9.72 Å². The lowest BCUT2D eigenvalue weighted by Crippen LogP contribution is -2.38. The van der Waals surface area contributed by atoms with Crippen molar-refractivity contribution in [3.8, 4) is 0 Å². The molecule has 5 rings (SSSR count). The highest BCUT2D eigenvalue weighted by Crippen LogP contribution is 2.34. The van der Waals surface area contributed by atoms with Gasteiger partial charge in [-0.2, -0.15) is 0 Å². The van der Waals surface area contributed by atoms with Crippen LogP contribution in [0.5, 0.6) is 0 Å². The van der Waals surface area contributed by atoms with Crippen molar-refractivity contribution < 1.29 is 9.53 Å². The Kier molecular flexibility index (Phi) is 5.60. The molecule has 168 valence electrons. The van der Waals surface area contributed by atoms with Gasteiger partial charge in [-0.3, -0.25) is 14.7 Å². The molecule has 0 bridgehead atoms. The van der Waals surface area contributed by atoms with Crippen LogP contribution in [0.25, 0.3) is 5.65 Å². The number of carbonyl (C=O) groups excluding carboxylic acids is 1. The van der Waals surface area contributed by atoms with Crippen molar-refractivity contribution in [2.75, 3.05) is 26.2 Å². The summed E-state index contributed by atoms with van der Waals surface area (Å²) in [6.07, 6.45) is 5.35. The van der Waals surface area contributed by atoms with E-state index >= 15 is 0 Å². The Morgan fingerprint density at radius 2 is 1.94 bits per heavy atom. The molecular weight excluding hydrogens is 394 g/mol. The van der Waals surface area contributed by atoms with E-state index in [1.54, 1.807) is 6.07 Å². The van der Waals surface area contributed by atoms with Crippen molar-refractivity contribution in [2.45, 2.75) is 76.5 Å². The lowest BCUT2D eigenvalue weighted by Gasteiger charge is -2.34. The van der Waals surface area contributed by atoms with E-state index in [1.807, 2.05) is 11.0 Å². The number of hydrogen-bond donors (Lipinski definition) is 1. The smallest absolute Gasteiger partial charge is 0.272 e. The number of amides is 1.